The summed E-state index contributed by atoms with van der Waals surface area (Å²) in [5.41, 5.74) is 3.07. The van der Waals surface area contributed by atoms with Crippen LogP contribution in [0.3, 0.4) is 0 Å². The maximum Gasteiger partial charge on any atom is 0.252 e. The van der Waals surface area contributed by atoms with E-state index in [-0.39, 0.29) is 29.2 Å². The summed E-state index contributed by atoms with van der Waals surface area (Å²) < 4.78 is 0. The highest BCUT2D eigenvalue weighted by atomic mass is 35.5. The van der Waals surface area contributed by atoms with E-state index in [9.17, 15) is 14.4 Å². The Morgan fingerprint density at radius 2 is 1.90 bits per heavy atom. The van der Waals surface area contributed by atoms with Gasteiger partial charge >= 0.3 is 0 Å². The molecule has 6 nitrogen and oxygen atoms in total. The topological polar surface area (TPSA) is 78.5 Å². The molecule has 1 unspecified atom stereocenters. The molecule has 2 aromatic rings. The predicted octanol–water partition coefficient (Wildman–Crippen LogP) is 3.78. The van der Waals surface area contributed by atoms with E-state index in [2.05, 4.69) is 10.6 Å². The number of anilines is 1. The fourth-order valence-electron chi connectivity index (χ4n) is 3.37. The van der Waals surface area contributed by atoms with Gasteiger partial charge in [-0.3, -0.25) is 14.4 Å². The molecule has 1 fully saturated rings. The number of likely N-dealkylation sites (tertiary alicyclic amines) is 1. The number of carbonyl (C=O) groups is 3. The van der Waals surface area contributed by atoms with Crippen molar-refractivity contribution in [2.24, 2.45) is 5.92 Å². The monoisotopic (exact) mass is 427 g/mol. The summed E-state index contributed by atoms with van der Waals surface area (Å²) in [6.45, 7) is 5.43. The number of nitrogens with one attached hydrogen (secondary N) is 2. The molecule has 2 aromatic carbocycles. The lowest BCUT2D eigenvalue weighted by Gasteiger charge is -2.17. The molecular formula is C23H26ClN3O3. The summed E-state index contributed by atoms with van der Waals surface area (Å²) in [5.74, 6) is -0.923. The van der Waals surface area contributed by atoms with Crippen molar-refractivity contribution >= 4 is 35.0 Å². The Morgan fingerprint density at radius 3 is 2.57 bits per heavy atom. The van der Waals surface area contributed by atoms with Crippen molar-refractivity contribution in [1.29, 1.82) is 0 Å². The van der Waals surface area contributed by atoms with Crippen LogP contribution in [0.5, 0.6) is 0 Å². The molecule has 30 heavy (non-hydrogen) atoms. The number of hydrogen-bond donors (Lipinski definition) is 2. The molecule has 3 rings (SSSR count). The molecule has 0 radical (unpaired) electrons. The molecule has 0 aromatic heterocycles. The van der Waals surface area contributed by atoms with Gasteiger partial charge in [0.2, 0.25) is 11.8 Å². The van der Waals surface area contributed by atoms with Crippen LogP contribution in [-0.4, -0.2) is 35.7 Å². The average molecular weight is 428 g/mol. The third-order valence-electron chi connectivity index (χ3n) is 5.10. The van der Waals surface area contributed by atoms with Crippen molar-refractivity contribution in [2.45, 2.75) is 33.2 Å². The third-order valence-corrected chi connectivity index (χ3v) is 5.41. The molecule has 1 aliphatic heterocycles. The van der Waals surface area contributed by atoms with Crippen molar-refractivity contribution in [3.63, 3.8) is 0 Å². The zero-order chi connectivity index (χ0) is 21.7. The Hall–Kier alpha value is -2.86. The second-order valence-corrected chi connectivity index (χ2v) is 8.01. The van der Waals surface area contributed by atoms with Crippen LogP contribution in [0.1, 0.15) is 41.3 Å². The van der Waals surface area contributed by atoms with Gasteiger partial charge in [-0.15, -0.1) is 0 Å². The summed E-state index contributed by atoms with van der Waals surface area (Å²) >= 11 is 6.22. The number of hydrogen-bond acceptors (Lipinski definition) is 3. The number of benzene rings is 2. The SMILES string of the molecule is CCCNC(=O)c1ccc(NC(=O)C2CC(=O)N(Cc3ccc(C)cc3)C2)cc1Cl. The molecule has 3 amide bonds. The van der Waals surface area contributed by atoms with Gasteiger partial charge in [0, 0.05) is 31.7 Å². The highest BCUT2D eigenvalue weighted by molar-refractivity contribution is 6.34. The maximum absolute atomic E-state index is 12.7. The van der Waals surface area contributed by atoms with Gasteiger partial charge in [-0.2, -0.15) is 0 Å². The first-order chi connectivity index (χ1) is 14.4. The molecule has 0 aliphatic carbocycles. The van der Waals surface area contributed by atoms with E-state index in [1.165, 1.54) is 0 Å². The predicted molar refractivity (Wildman–Crippen MR) is 117 cm³/mol. The molecule has 0 saturated carbocycles. The molecule has 1 saturated heterocycles. The molecule has 0 bridgehead atoms. The maximum atomic E-state index is 12.7. The second kappa shape index (κ2) is 9.76. The smallest absolute Gasteiger partial charge is 0.252 e. The van der Waals surface area contributed by atoms with Crippen LogP contribution in [0, 0.1) is 12.8 Å². The first-order valence-electron chi connectivity index (χ1n) is 10.1. The molecule has 0 spiro atoms. The van der Waals surface area contributed by atoms with Crippen LogP contribution in [0.4, 0.5) is 5.69 Å². The minimum absolute atomic E-state index is 0.0308. The summed E-state index contributed by atoms with van der Waals surface area (Å²) in [7, 11) is 0. The van der Waals surface area contributed by atoms with Crippen LogP contribution < -0.4 is 10.6 Å². The van der Waals surface area contributed by atoms with E-state index in [4.69, 9.17) is 11.6 Å². The highest BCUT2D eigenvalue weighted by Gasteiger charge is 2.34. The molecule has 1 atom stereocenters. The zero-order valence-corrected chi connectivity index (χ0v) is 18.0. The highest BCUT2D eigenvalue weighted by Crippen LogP contribution is 2.25. The number of amides is 3. The summed E-state index contributed by atoms with van der Waals surface area (Å²) in [4.78, 5) is 38.8. The number of nitrogens with zero attached hydrogens (tertiary/aromatic N) is 1. The van der Waals surface area contributed by atoms with Crippen LogP contribution in [-0.2, 0) is 16.1 Å². The van der Waals surface area contributed by atoms with Gasteiger partial charge in [-0.25, -0.2) is 0 Å². The van der Waals surface area contributed by atoms with E-state index in [0.717, 1.165) is 17.5 Å². The number of rotatable bonds is 7. The van der Waals surface area contributed by atoms with Crippen LogP contribution in [0.2, 0.25) is 5.02 Å². The first kappa shape index (κ1) is 21.8. The van der Waals surface area contributed by atoms with Crippen molar-refractivity contribution in [3.8, 4) is 0 Å². The molecule has 1 heterocycles. The lowest BCUT2D eigenvalue weighted by molar-refractivity contribution is -0.128. The molecule has 158 valence electrons. The van der Waals surface area contributed by atoms with Gasteiger partial charge in [-0.1, -0.05) is 48.4 Å². The standard InChI is InChI=1S/C23H26ClN3O3/c1-3-10-25-23(30)19-9-8-18(12-20(19)24)26-22(29)17-11-21(28)27(14-17)13-16-6-4-15(2)5-7-16/h4-9,12,17H,3,10-11,13-14H2,1-2H3,(H,25,30)(H,26,29). The molecule has 7 heteroatoms. The van der Waals surface area contributed by atoms with Gasteiger partial charge < -0.3 is 15.5 Å². The number of aryl methyl sites for hydroxylation is 1. The zero-order valence-electron chi connectivity index (χ0n) is 17.2. The Labute approximate surface area is 181 Å². The van der Waals surface area contributed by atoms with E-state index in [0.29, 0.717) is 30.9 Å². The minimum atomic E-state index is -0.422. The first-order valence-corrected chi connectivity index (χ1v) is 10.5. The minimum Gasteiger partial charge on any atom is -0.352 e. The quantitative estimate of drug-likeness (QED) is 0.705. The van der Waals surface area contributed by atoms with Crippen molar-refractivity contribution in [1.82, 2.24) is 10.2 Å². The normalized spacial score (nSPS) is 15.9. The fraction of sp³-hybridized carbons (Fsp3) is 0.348. The average Bonchev–Trinajstić information content (AvgIpc) is 3.08. The summed E-state index contributed by atoms with van der Waals surface area (Å²) in [6, 6.07) is 12.8. The number of carbonyl (C=O) groups excluding carboxylic acids is 3. The van der Waals surface area contributed by atoms with Crippen molar-refractivity contribution < 1.29 is 14.4 Å². The van der Waals surface area contributed by atoms with Crippen LogP contribution >= 0.6 is 11.6 Å². The molecular weight excluding hydrogens is 402 g/mol. The molecule has 2 N–H and O–H groups in total. The fourth-order valence-corrected chi connectivity index (χ4v) is 3.64. The molecule has 1 aliphatic rings. The van der Waals surface area contributed by atoms with E-state index in [1.807, 2.05) is 38.1 Å². The largest absolute Gasteiger partial charge is 0.352 e. The Balaban J connectivity index is 1.59. The Morgan fingerprint density at radius 1 is 1.17 bits per heavy atom. The number of halogens is 1. The Bertz CT molecular complexity index is 943. The summed E-state index contributed by atoms with van der Waals surface area (Å²) in [6.07, 6.45) is 1.02. The van der Waals surface area contributed by atoms with Gasteiger partial charge in [0.25, 0.3) is 5.91 Å². The van der Waals surface area contributed by atoms with E-state index < -0.39 is 5.92 Å². The van der Waals surface area contributed by atoms with Crippen molar-refractivity contribution in [2.75, 3.05) is 18.4 Å². The van der Waals surface area contributed by atoms with Gasteiger partial charge in [0.15, 0.2) is 0 Å². The van der Waals surface area contributed by atoms with Gasteiger partial charge in [-0.05, 0) is 37.1 Å². The summed E-state index contributed by atoms with van der Waals surface area (Å²) in [5, 5.41) is 5.85. The lowest BCUT2D eigenvalue weighted by Crippen LogP contribution is -2.28. The van der Waals surface area contributed by atoms with Gasteiger partial charge in [0.05, 0.1) is 16.5 Å². The third kappa shape index (κ3) is 5.39. The van der Waals surface area contributed by atoms with E-state index >= 15 is 0 Å². The van der Waals surface area contributed by atoms with E-state index in [1.54, 1.807) is 23.1 Å². The van der Waals surface area contributed by atoms with Crippen molar-refractivity contribution in [3.05, 3.63) is 64.2 Å². The van der Waals surface area contributed by atoms with Crippen LogP contribution in [0.25, 0.3) is 0 Å². The lowest BCUT2D eigenvalue weighted by atomic mass is 10.1. The van der Waals surface area contributed by atoms with Crippen LogP contribution in [0.15, 0.2) is 42.5 Å². The Kier molecular flexibility index (Phi) is 7.11. The van der Waals surface area contributed by atoms with Gasteiger partial charge in [0.1, 0.15) is 0 Å². The second-order valence-electron chi connectivity index (χ2n) is 7.60.